The van der Waals surface area contributed by atoms with E-state index in [2.05, 4.69) is 20.9 Å². The lowest BCUT2D eigenvalue weighted by Crippen LogP contribution is -2.43. The van der Waals surface area contributed by atoms with Crippen molar-refractivity contribution in [3.05, 3.63) is 5.01 Å². The maximum atomic E-state index is 11.7. The molecule has 0 saturated carbocycles. The first-order valence-corrected chi connectivity index (χ1v) is 8.57. The Bertz CT molecular complexity index is 565. The fourth-order valence-electron chi connectivity index (χ4n) is 1.31. The van der Waals surface area contributed by atoms with Gasteiger partial charge in [-0.15, -0.1) is 14.6 Å². The highest BCUT2D eigenvalue weighted by molar-refractivity contribution is 8.24. The monoisotopic (exact) mass is 365 g/mol. The minimum atomic E-state index is -1.01. The first-order chi connectivity index (χ1) is 9.94. The van der Waals surface area contributed by atoms with Crippen LogP contribution in [0.3, 0.4) is 0 Å². The van der Waals surface area contributed by atoms with Crippen LogP contribution in [0.15, 0.2) is 4.34 Å². The summed E-state index contributed by atoms with van der Waals surface area (Å²) in [6, 6.07) is 0. The number of thiocarbonyl (C=S) groups is 1. The molecule has 114 valence electrons. The molecule has 1 aliphatic rings. The molecule has 1 aromatic rings. The third kappa shape index (κ3) is 5.07. The average molecular weight is 365 g/mol. The molecule has 3 N–H and O–H groups in total. The predicted molar refractivity (Wildman–Crippen MR) is 84.5 cm³/mol. The van der Waals surface area contributed by atoms with Crippen LogP contribution in [0.1, 0.15) is 17.8 Å². The number of nitrogens with zero attached hydrogens (tertiary/aromatic N) is 3. The number of hydrazine groups is 1. The highest BCUT2D eigenvalue weighted by Gasteiger charge is 2.32. The zero-order valence-corrected chi connectivity index (χ0v) is 14.0. The van der Waals surface area contributed by atoms with E-state index < -0.39 is 11.5 Å². The normalized spacial score (nSPS) is 18.5. The van der Waals surface area contributed by atoms with Gasteiger partial charge in [-0.05, 0) is 6.92 Å². The second kappa shape index (κ2) is 7.35. The minimum Gasteiger partial charge on any atom is -0.481 e. The quantitative estimate of drug-likeness (QED) is 0.498. The molecule has 0 radical (unpaired) electrons. The van der Waals surface area contributed by atoms with E-state index in [1.54, 1.807) is 4.41 Å². The van der Waals surface area contributed by atoms with Crippen molar-refractivity contribution in [3.63, 3.8) is 0 Å². The van der Waals surface area contributed by atoms with Crippen molar-refractivity contribution in [2.75, 3.05) is 0 Å². The average Bonchev–Trinajstić information content (AvgIpc) is 2.94. The molecule has 1 amide bonds. The molecule has 1 aliphatic heterocycles. The van der Waals surface area contributed by atoms with Crippen LogP contribution in [0, 0.1) is 6.92 Å². The first-order valence-electron chi connectivity index (χ1n) is 5.70. The number of hydrogen-bond acceptors (Lipinski definition) is 9. The highest BCUT2D eigenvalue weighted by atomic mass is 32.2. The number of aryl methyl sites for hydroxylation is 1. The van der Waals surface area contributed by atoms with Crippen LogP contribution in [0.2, 0.25) is 0 Å². The van der Waals surface area contributed by atoms with E-state index in [9.17, 15) is 9.59 Å². The summed E-state index contributed by atoms with van der Waals surface area (Å²) in [5, 5.41) is 20.0. The standard InChI is InChI=1S/C9H11N5O3S4/c1-4-11-12-9(19-4)21-14-7(20-8(18)13-14)10-5(15)2-3-6(16)17/h7H,2-3H2,1H3,(H,10,15)(H,13,18)(H,16,17). The van der Waals surface area contributed by atoms with Crippen molar-refractivity contribution in [2.45, 2.75) is 29.6 Å². The topological polar surface area (TPSA) is 107 Å². The Kier molecular flexibility index (Phi) is 5.75. The number of aromatic nitrogens is 2. The molecule has 2 rings (SSSR count). The van der Waals surface area contributed by atoms with Crippen LogP contribution in [0.5, 0.6) is 0 Å². The van der Waals surface area contributed by atoms with E-state index in [4.69, 9.17) is 17.3 Å². The molecule has 1 atom stereocenters. The van der Waals surface area contributed by atoms with Crippen molar-refractivity contribution in [2.24, 2.45) is 0 Å². The van der Waals surface area contributed by atoms with Crippen LogP contribution < -0.4 is 10.7 Å². The molecule has 1 unspecified atom stereocenters. The molecule has 8 nitrogen and oxygen atoms in total. The van der Waals surface area contributed by atoms with Gasteiger partial charge in [0.05, 0.1) is 6.42 Å². The van der Waals surface area contributed by atoms with Crippen molar-refractivity contribution in [3.8, 4) is 0 Å². The zero-order chi connectivity index (χ0) is 15.4. The van der Waals surface area contributed by atoms with E-state index in [1.807, 2.05) is 6.92 Å². The summed E-state index contributed by atoms with van der Waals surface area (Å²) in [7, 11) is 0. The minimum absolute atomic E-state index is 0.0738. The smallest absolute Gasteiger partial charge is 0.303 e. The van der Waals surface area contributed by atoms with Crippen molar-refractivity contribution >= 4 is 63.5 Å². The van der Waals surface area contributed by atoms with Gasteiger partial charge in [0.15, 0.2) is 14.2 Å². The van der Waals surface area contributed by atoms with Gasteiger partial charge >= 0.3 is 5.97 Å². The molecular weight excluding hydrogens is 354 g/mol. The molecule has 0 aliphatic carbocycles. The van der Waals surface area contributed by atoms with Gasteiger partial charge in [0, 0.05) is 18.4 Å². The van der Waals surface area contributed by atoms with Crippen molar-refractivity contribution in [1.29, 1.82) is 0 Å². The fourth-order valence-corrected chi connectivity index (χ4v) is 4.45. The van der Waals surface area contributed by atoms with Crippen molar-refractivity contribution < 1.29 is 14.7 Å². The first kappa shape index (κ1) is 16.4. The van der Waals surface area contributed by atoms with Gasteiger partial charge in [0.25, 0.3) is 0 Å². The SMILES string of the molecule is Cc1nnc(SN2NC(=S)SC2NC(=O)CCC(=O)O)s1. The Hall–Kier alpha value is -0.950. The van der Waals surface area contributed by atoms with Gasteiger partial charge in [-0.2, -0.15) is 0 Å². The fraction of sp³-hybridized carbons (Fsp3) is 0.444. The Morgan fingerprint density at radius 2 is 2.29 bits per heavy atom. The molecule has 1 aromatic heterocycles. The summed E-state index contributed by atoms with van der Waals surface area (Å²) in [6.07, 6.45) is -0.278. The van der Waals surface area contributed by atoms with E-state index >= 15 is 0 Å². The number of hydrogen-bond donors (Lipinski definition) is 3. The molecule has 0 spiro atoms. The predicted octanol–water partition coefficient (Wildman–Crippen LogP) is 0.957. The molecule has 21 heavy (non-hydrogen) atoms. The second-order valence-electron chi connectivity index (χ2n) is 3.83. The summed E-state index contributed by atoms with van der Waals surface area (Å²) in [5.74, 6) is -1.35. The van der Waals surface area contributed by atoms with E-state index in [0.29, 0.717) is 4.32 Å². The number of amides is 1. The van der Waals surface area contributed by atoms with Gasteiger partial charge in [-0.1, -0.05) is 35.3 Å². The van der Waals surface area contributed by atoms with Gasteiger partial charge in [0.2, 0.25) is 5.91 Å². The summed E-state index contributed by atoms with van der Waals surface area (Å²) < 4.78 is 2.90. The van der Waals surface area contributed by atoms with Crippen LogP contribution in [-0.4, -0.2) is 41.4 Å². The van der Waals surface area contributed by atoms with Gasteiger partial charge < -0.3 is 10.4 Å². The van der Waals surface area contributed by atoms with Crippen LogP contribution >= 0.6 is 47.3 Å². The third-order valence-corrected chi connectivity index (χ3v) is 5.38. The van der Waals surface area contributed by atoms with E-state index in [1.165, 1.54) is 35.0 Å². The second-order valence-corrected chi connectivity index (χ2v) is 7.99. The number of carbonyl (C=O) groups excluding carboxylic acids is 1. The van der Waals surface area contributed by atoms with Gasteiger partial charge in [0.1, 0.15) is 5.01 Å². The molecule has 1 fully saturated rings. The lowest BCUT2D eigenvalue weighted by molar-refractivity contribution is -0.138. The number of nitrogens with one attached hydrogen (secondary N) is 2. The van der Waals surface area contributed by atoms with E-state index in [-0.39, 0.29) is 18.7 Å². The number of carboxylic acid groups (broad SMARTS) is 1. The lowest BCUT2D eigenvalue weighted by Gasteiger charge is -2.20. The van der Waals surface area contributed by atoms with Crippen molar-refractivity contribution in [1.82, 2.24) is 25.4 Å². The number of carboxylic acids is 1. The van der Waals surface area contributed by atoms with Crippen LogP contribution in [0.25, 0.3) is 0 Å². The Balaban J connectivity index is 1.91. The summed E-state index contributed by atoms with van der Waals surface area (Å²) in [5.41, 5.74) is 2.51. The summed E-state index contributed by atoms with van der Waals surface area (Å²) >= 11 is 9.04. The molecule has 0 bridgehead atoms. The molecular formula is C9H11N5O3S4. The molecule has 0 aromatic carbocycles. The Labute approximate surface area is 138 Å². The highest BCUT2D eigenvalue weighted by Crippen LogP contribution is 2.32. The zero-order valence-electron chi connectivity index (χ0n) is 10.7. The number of carbonyl (C=O) groups is 2. The lowest BCUT2D eigenvalue weighted by atomic mass is 10.3. The molecule has 12 heteroatoms. The Morgan fingerprint density at radius 1 is 1.52 bits per heavy atom. The molecule has 2 heterocycles. The largest absolute Gasteiger partial charge is 0.481 e. The third-order valence-electron chi connectivity index (χ3n) is 2.17. The Morgan fingerprint density at radius 3 is 2.90 bits per heavy atom. The number of aliphatic carboxylic acids is 1. The maximum absolute atomic E-state index is 11.7. The van der Waals surface area contributed by atoms with Gasteiger partial charge in [-0.3, -0.25) is 15.0 Å². The van der Waals surface area contributed by atoms with Crippen LogP contribution in [0.4, 0.5) is 0 Å². The number of rotatable bonds is 6. The summed E-state index contributed by atoms with van der Waals surface area (Å²) in [4.78, 5) is 22.1. The number of thioether (sulfide) groups is 1. The maximum Gasteiger partial charge on any atom is 0.303 e. The summed E-state index contributed by atoms with van der Waals surface area (Å²) in [6.45, 7) is 1.85. The van der Waals surface area contributed by atoms with Crippen LogP contribution in [-0.2, 0) is 9.59 Å². The van der Waals surface area contributed by atoms with Gasteiger partial charge in [-0.25, -0.2) is 0 Å². The molecule has 1 saturated heterocycles. The van der Waals surface area contributed by atoms with E-state index in [0.717, 1.165) is 9.35 Å².